The number of nitrogens with two attached hydrogens (primary N) is 1. The molecule has 1 amide bonds. The summed E-state index contributed by atoms with van der Waals surface area (Å²) in [5.41, 5.74) is 7.31. The minimum Gasteiger partial charge on any atom is -0.383 e. The van der Waals surface area contributed by atoms with Gasteiger partial charge in [0.1, 0.15) is 5.82 Å². The third kappa shape index (κ3) is 1.61. The molecule has 0 spiro atoms. The van der Waals surface area contributed by atoms with Crippen molar-refractivity contribution < 1.29 is 4.79 Å². The predicted octanol–water partition coefficient (Wildman–Crippen LogP) is 2.19. The fraction of sp³-hybridized carbons (Fsp3) is 0.733. The van der Waals surface area contributed by atoms with E-state index in [4.69, 9.17) is 5.73 Å². The van der Waals surface area contributed by atoms with E-state index >= 15 is 0 Å². The second-order valence-electron chi connectivity index (χ2n) is 6.91. The Morgan fingerprint density at radius 1 is 1.25 bits per heavy atom. The van der Waals surface area contributed by atoms with Crippen molar-refractivity contribution >= 4 is 11.8 Å². The summed E-state index contributed by atoms with van der Waals surface area (Å²) in [5.74, 6) is 4.49. The monoisotopic (exact) mass is 274 g/mol. The molecule has 4 saturated carbocycles. The van der Waals surface area contributed by atoms with Gasteiger partial charge in [-0.15, -0.1) is 0 Å². The molecule has 4 fully saturated rings. The zero-order valence-electron chi connectivity index (χ0n) is 11.9. The number of amides is 1. The van der Waals surface area contributed by atoms with Crippen LogP contribution in [-0.2, 0) is 0 Å². The Balaban J connectivity index is 1.68. The average molecular weight is 274 g/mol. The molecule has 20 heavy (non-hydrogen) atoms. The van der Waals surface area contributed by atoms with Gasteiger partial charge in [-0.05, 0) is 61.7 Å². The number of carbonyl (C=O) groups is 1. The van der Waals surface area contributed by atoms with Crippen LogP contribution < -0.4 is 11.1 Å². The van der Waals surface area contributed by atoms with Crippen molar-refractivity contribution in [1.29, 1.82) is 0 Å². The van der Waals surface area contributed by atoms with Gasteiger partial charge in [-0.25, -0.2) is 4.79 Å². The van der Waals surface area contributed by atoms with Gasteiger partial charge in [0.05, 0.1) is 6.20 Å². The first kappa shape index (κ1) is 12.2. The maximum absolute atomic E-state index is 11.7. The quantitative estimate of drug-likeness (QED) is 0.824. The normalized spacial score (nSPS) is 38.1. The lowest BCUT2D eigenvalue weighted by atomic mass is 9.51. The number of nitrogens with one attached hydrogen (secondary N) is 1. The van der Waals surface area contributed by atoms with Crippen molar-refractivity contribution in [3.05, 3.63) is 11.8 Å². The van der Waals surface area contributed by atoms with E-state index in [0.29, 0.717) is 11.7 Å². The molecule has 5 rings (SSSR count). The maximum atomic E-state index is 11.7. The van der Waals surface area contributed by atoms with Gasteiger partial charge in [0.25, 0.3) is 0 Å². The summed E-state index contributed by atoms with van der Waals surface area (Å²) in [4.78, 5) is 11.7. The molecule has 5 heteroatoms. The Bertz CT molecular complexity index is 522. The van der Waals surface area contributed by atoms with Gasteiger partial charge < -0.3 is 11.1 Å². The predicted molar refractivity (Wildman–Crippen MR) is 76.3 cm³/mol. The van der Waals surface area contributed by atoms with E-state index < -0.39 is 0 Å². The van der Waals surface area contributed by atoms with Crippen LogP contribution in [0, 0.1) is 23.7 Å². The summed E-state index contributed by atoms with van der Waals surface area (Å²) in [5, 5.41) is 6.78. The highest BCUT2D eigenvalue weighted by Gasteiger charge is 2.49. The zero-order chi connectivity index (χ0) is 13.9. The molecule has 0 unspecified atom stereocenters. The lowest BCUT2D eigenvalue weighted by molar-refractivity contribution is -0.00255. The standard InChI is InChI=1S/C15H22N4O/c1-17-15(20)19-14(16)12(7-18-19)13-10-3-8-2-9(5-10)6-11(13)4-8/h7-11,13H,2-6,16H2,1H3,(H,17,20). The summed E-state index contributed by atoms with van der Waals surface area (Å²) in [6, 6.07) is -0.252. The number of nitrogens with zero attached hydrogens (tertiary/aromatic N) is 2. The van der Waals surface area contributed by atoms with Gasteiger partial charge in [0.15, 0.2) is 0 Å². The van der Waals surface area contributed by atoms with Crippen LogP contribution in [0.15, 0.2) is 6.20 Å². The summed E-state index contributed by atoms with van der Waals surface area (Å²) in [6.07, 6.45) is 8.68. The molecule has 1 aromatic rings. The fourth-order valence-corrected chi connectivity index (χ4v) is 5.33. The van der Waals surface area contributed by atoms with Crippen LogP contribution in [0.25, 0.3) is 0 Å². The van der Waals surface area contributed by atoms with Crippen molar-refractivity contribution in [2.45, 2.75) is 38.0 Å². The van der Waals surface area contributed by atoms with E-state index in [1.165, 1.54) is 36.8 Å². The van der Waals surface area contributed by atoms with Gasteiger partial charge in [0, 0.05) is 12.6 Å². The minimum atomic E-state index is -0.252. The Hall–Kier alpha value is -1.52. The average Bonchev–Trinajstić information content (AvgIpc) is 2.79. The number of carbonyl (C=O) groups excluding carboxylic acids is 1. The molecule has 3 N–H and O–H groups in total. The van der Waals surface area contributed by atoms with E-state index in [2.05, 4.69) is 10.4 Å². The molecule has 1 heterocycles. The van der Waals surface area contributed by atoms with Crippen LogP contribution in [0.1, 0.15) is 43.6 Å². The first-order chi connectivity index (χ1) is 9.67. The van der Waals surface area contributed by atoms with E-state index in [9.17, 15) is 4.79 Å². The number of hydrogen-bond acceptors (Lipinski definition) is 3. The number of aromatic nitrogens is 2. The summed E-state index contributed by atoms with van der Waals surface area (Å²) in [6.45, 7) is 0. The number of anilines is 1. The van der Waals surface area contributed by atoms with Crippen LogP contribution in [0.5, 0.6) is 0 Å². The molecule has 0 aromatic carbocycles. The van der Waals surface area contributed by atoms with E-state index in [0.717, 1.165) is 29.2 Å². The molecule has 4 aliphatic carbocycles. The molecule has 0 atom stereocenters. The van der Waals surface area contributed by atoms with Crippen LogP contribution in [0.4, 0.5) is 10.6 Å². The Labute approximate surface area is 118 Å². The minimum absolute atomic E-state index is 0.252. The lowest BCUT2D eigenvalue weighted by Gasteiger charge is -2.54. The van der Waals surface area contributed by atoms with Gasteiger partial charge in [-0.1, -0.05) is 0 Å². The molecule has 5 nitrogen and oxygen atoms in total. The first-order valence-corrected chi connectivity index (χ1v) is 7.72. The number of hydrogen-bond donors (Lipinski definition) is 2. The van der Waals surface area contributed by atoms with E-state index in [1.807, 2.05) is 6.20 Å². The molecule has 1 aromatic heterocycles. The van der Waals surface area contributed by atoms with Gasteiger partial charge in [-0.2, -0.15) is 9.78 Å². The topological polar surface area (TPSA) is 72.9 Å². The third-order valence-corrected chi connectivity index (χ3v) is 5.83. The van der Waals surface area contributed by atoms with Crippen molar-refractivity contribution in [2.75, 3.05) is 12.8 Å². The molecule has 0 saturated heterocycles. The van der Waals surface area contributed by atoms with E-state index in [1.54, 1.807) is 7.05 Å². The SMILES string of the molecule is CNC(=O)n1ncc(C2C3CC4CC(C3)CC2C4)c1N. The summed E-state index contributed by atoms with van der Waals surface area (Å²) >= 11 is 0. The van der Waals surface area contributed by atoms with E-state index in [-0.39, 0.29) is 6.03 Å². The molecular weight excluding hydrogens is 252 g/mol. The highest BCUT2D eigenvalue weighted by Crippen LogP contribution is 2.60. The lowest BCUT2D eigenvalue weighted by Crippen LogP contribution is -2.43. The van der Waals surface area contributed by atoms with Crippen molar-refractivity contribution in [2.24, 2.45) is 23.7 Å². The van der Waals surface area contributed by atoms with Gasteiger partial charge in [0.2, 0.25) is 0 Å². The smallest absolute Gasteiger partial charge is 0.343 e. The molecule has 108 valence electrons. The van der Waals surface area contributed by atoms with Crippen molar-refractivity contribution in [3.8, 4) is 0 Å². The maximum Gasteiger partial charge on any atom is 0.343 e. The Kier molecular flexibility index (Phi) is 2.59. The van der Waals surface area contributed by atoms with Crippen molar-refractivity contribution in [1.82, 2.24) is 15.1 Å². The third-order valence-electron chi connectivity index (χ3n) is 5.83. The molecule has 4 aliphatic rings. The first-order valence-electron chi connectivity index (χ1n) is 7.72. The highest BCUT2D eigenvalue weighted by molar-refractivity contribution is 5.79. The fourth-order valence-electron chi connectivity index (χ4n) is 5.33. The number of nitrogen functional groups attached to an aromatic ring is 1. The zero-order valence-corrected chi connectivity index (χ0v) is 11.9. The van der Waals surface area contributed by atoms with Crippen LogP contribution >= 0.6 is 0 Å². The van der Waals surface area contributed by atoms with Gasteiger partial charge in [-0.3, -0.25) is 0 Å². The second kappa shape index (κ2) is 4.24. The second-order valence-corrected chi connectivity index (χ2v) is 6.91. The van der Waals surface area contributed by atoms with Crippen LogP contribution in [0.2, 0.25) is 0 Å². The van der Waals surface area contributed by atoms with Crippen LogP contribution in [-0.4, -0.2) is 22.9 Å². The summed E-state index contributed by atoms with van der Waals surface area (Å²) in [7, 11) is 1.60. The Morgan fingerprint density at radius 2 is 1.85 bits per heavy atom. The number of rotatable bonds is 1. The molecule has 0 aliphatic heterocycles. The van der Waals surface area contributed by atoms with Gasteiger partial charge >= 0.3 is 6.03 Å². The van der Waals surface area contributed by atoms with Crippen LogP contribution in [0.3, 0.4) is 0 Å². The highest BCUT2D eigenvalue weighted by atomic mass is 16.2. The molecule has 0 radical (unpaired) electrons. The largest absolute Gasteiger partial charge is 0.383 e. The summed E-state index contributed by atoms with van der Waals surface area (Å²) < 4.78 is 1.31. The molecular formula is C15H22N4O. The molecule has 4 bridgehead atoms. The Morgan fingerprint density at radius 3 is 2.40 bits per heavy atom. The van der Waals surface area contributed by atoms with Crippen molar-refractivity contribution in [3.63, 3.8) is 0 Å².